The molecule has 0 saturated heterocycles. The van der Waals surface area contributed by atoms with E-state index in [9.17, 15) is 18.0 Å². The van der Waals surface area contributed by atoms with Crippen molar-refractivity contribution in [3.8, 4) is 0 Å². The van der Waals surface area contributed by atoms with Crippen LogP contribution in [-0.4, -0.2) is 33.6 Å². The van der Waals surface area contributed by atoms with Gasteiger partial charge in [0.1, 0.15) is 0 Å². The third-order valence-corrected chi connectivity index (χ3v) is 3.93. The number of carbonyl (C=O) groups is 1. The minimum Gasteiger partial charge on any atom is -0.341 e. The van der Waals surface area contributed by atoms with E-state index in [4.69, 9.17) is 0 Å². The third kappa shape index (κ3) is 5.24. The van der Waals surface area contributed by atoms with Crippen molar-refractivity contribution in [2.45, 2.75) is 17.7 Å². The number of rotatable bonds is 5. The molecule has 0 unspecified atom stereocenters. The van der Waals surface area contributed by atoms with E-state index in [1.54, 1.807) is 24.3 Å². The second-order valence-electron chi connectivity index (χ2n) is 4.78. The summed E-state index contributed by atoms with van der Waals surface area (Å²) >= 11 is 1.10. The van der Waals surface area contributed by atoms with E-state index in [-0.39, 0.29) is 11.7 Å². The predicted octanol–water partition coefficient (Wildman–Crippen LogP) is 3.25. The number of pyridine rings is 2. The van der Waals surface area contributed by atoms with Crippen LogP contribution in [0.1, 0.15) is 11.1 Å². The van der Waals surface area contributed by atoms with Gasteiger partial charge in [-0.25, -0.2) is 4.98 Å². The van der Waals surface area contributed by atoms with E-state index in [0.29, 0.717) is 11.6 Å². The van der Waals surface area contributed by atoms with Crippen molar-refractivity contribution in [2.24, 2.45) is 0 Å². The van der Waals surface area contributed by atoms with E-state index in [1.807, 2.05) is 12.1 Å². The standard InChI is InChI=1S/C15H14F3N3OS/c1-21(9-11-4-6-19-7-5-11)14(22)10-23-13-3-2-12(8-20-13)15(16,17)18/h2-8H,9-10H2,1H3. The van der Waals surface area contributed by atoms with Gasteiger partial charge in [-0.05, 0) is 29.8 Å². The van der Waals surface area contributed by atoms with Crippen LogP contribution in [0.4, 0.5) is 13.2 Å². The fourth-order valence-corrected chi connectivity index (χ4v) is 2.51. The van der Waals surface area contributed by atoms with Crippen molar-refractivity contribution in [2.75, 3.05) is 12.8 Å². The molecular formula is C15H14F3N3OS. The van der Waals surface area contributed by atoms with Gasteiger partial charge in [0.25, 0.3) is 0 Å². The lowest BCUT2D eigenvalue weighted by Crippen LogP contribution is -2.27. The Balaban J connectivity index is 1.86. The molecule has 0 aliphatic rings. The lowest BCUT2D eigenvalue weighted by molar-refractivity contribution is -0.138. The maximum absolute atomic E-state index is 12.4. The van der Waals surface area contributed by atoms with Crippen molar-refractivity contribution >= 4 is 17.7 Å². The van der Waals surface area contributed by atoms with Crippen LogP contribution < -0.4 is 0 Å². The maximum atomic E-state index is 12.4. The van der Waals surface area contributed by atoms with Crippen LogP contribution in [0.5, 0.6) is 0 Å². The van der Waals surface area contributed by atoms with Crippen LogP contribution >= 0.6 is 11.8 Å². The summed E-state index contributed by atoms with van der Waals surface area (Å²) in [7, 11) is 1.67. The summed E-state index contributed by atoms with van der Waals surface area (Å²) in [6.45, 7) is 0.447. The van der Waals surface area contributed by atoms with Crippen molar-refractivity contribution in [3.05, 3.63) is 54.0 Å². The van der Waals surface area contributed by atoms with Gasteiger partial charge in [-0.2, -0.15) is 13.2 Å². The molecule has 0 N–H and O–H groups in total. The minimum absolute atomic E-state index is 0.111. The van der Waals surface area contributed by atoms with Crippen molar-refractivity contribution in [3.63, 3.8) is 0 Å². The Morgan fingerprint density at radius 3 is 2.48 bits per heavy atom. The van der Waals surface area contributed by atoms with Crippen LogP contribution in [0.25, 0.3) is 0 Å². The number of nitrogens with zero attached hydrogens (tertiary/aromatic N) is 3. The van der Waals surface area contributed by atoms with Crippen LogP contribution in [0, 0.1) is 0 Å². The SMILES string of the molecule is CN(Cc1ccncc1)C(=O)CSc1ccc(C(F)(F)F)cn1. The highest BCUT2D eigenvalue weighted by Gasteiger charge is 2.30. The molecule has 2 heterocycles. The molecule has 0 aliphatic carbocycles. The molecule has 4 nitrogen and oxygen atoms in total. The zero-order valence-electron chi connectivity index (χ0n) is 12.2. The summed E-state index contributed by atoms with van der Waals surface area (Å²) in [6, 6.07) is 5.85. The summed E-state index contributed by atoms with van der Waals surface area (Å²) in [5.41, 5.74) is 0.150. The summed E-state index contributed by atoms with van der Waals surface area (Å²) < 4.78 is 37.3. The molecule has 2 aromatic rings. The average Bonchev–Trinajstić information content (AvgIpc) is 2.53. The van der Waals surface area contributed by atoms with Crippen LogP contribution in [-0.2, 0) is 17.5 Å². The molecule has 0 aliphatic heterocycles. The Labute approximate surface area is 135 Å². The number of carbonyl (C=O) groups excluding carboxylic acids is 1. The van der Waals surface area contributed by atoms with Gasteiger partial charge in [-0.1, -0.05) is 11.8 Å². The van der Waals surface area contributed by atoms with Gasteiger partial charge in [-0.15, -0.1) is 0 Å². The molecule has 0 bridgehead atoms. The number of aromatic nitrogens is 2. The van der Waals surface area contributed by atoms with Crippen LogP contribution in [0.2, 0.25) is 0 Å². The summed E-state index contributed by atoms with van der Waals surface area (Å²) in [6.07, 6.45) is -0.340. The second-order valence-corrected chi connectivity index (χ2v) is 5.77. The summed E-state index contributed by atoms with van der Waals surface area (Å²) in [5, 5.41) is 0.378. The Morgan fingerprint density at radius 2 is 1.91 bits per heavy atom. The molecule has 1 amide bonds. The van der Waals surface area contributed by atoms with Crippen molar-refractivity contribution in [1.82, 2.24) is 14.9 Å². The van der Waals surface area contributed by atoms with Gasteiger partial charge in [0.05, 0.1) is 16.3 Å². The highest BCUT2D eigenvalue weighted by molar-refractivity contribution is 7.99. The molecule has 2 rings (SSSR count). The molecule has 0 saturated carbocycles. The van der Waals surface area contributed by atoms with E-state index in [0.717, 1.165) is 29.6 Å². The zero-order chi connectivity index (χ0) is 16.9. The smallest absolute Gasteiger partial charge is 0.341 e. The second kappa shape index (κ2) is 7.45. The van der Waals surface area contributed by atoms with Crippen LogP contribution in [0.15, 0.2) is 47.9 Å². The molecule has 0 fully saturated rings. The minimum atomic E-state index is -4.41. The van der Waals surface area contributed by atoms with E-state index < -0.39 is 11.7 Å². The summed E-state index contributed by atoms with van der Waals surface area (Å²) in [4.78, 5) is 21.2. The van der Waals surface area contributed by atoms with Gasteiger partial charge in [0.15, 0.2) is 0 Å². The fourth-order valence-electron chi connectivity index (χ4n) is 1.73. The molecule has 0 spiro atoms. The highest BCUT2D eigenvalue weighted by atomic mass is 32.2. The first-order chi connectivity index (χ1) is 10.9. The first-order valence-corrected chi connectivity index (χ1v) is 7.64. The number of halogens is 3. The van der Waals surface area contributed by atoms with Gasteiger partial charge in [0, 0.05) is 32.2 Å². The largest absolute Gasteiger partial charge is 0.417 e. The first-order valence-electron chi connectivity index (χ1n) is 6.65. The van der Waals surface area contributed by atoms with Crippen LogP contribution in [0.3, 0.4) is 0 Å². The van der Waals surface area contributed by atoms with E-state index in [2.05, 4.69) is 9.97 Å². The topological polar surface area (TPSA) is 46.1 Å². The van der Waals surface area contributed by atoms with Gasteiger partial charge < -0.3 is 4.90 Å². The van der Waals surface area contributed by atoms with Gasteiger partial charge in [-0.3, -0.25) is 9.78 Å². The normalized spacial score (nSPS) is 11.3. The summed E-state index contributed by atoms with van der Waals surface area (Å²) in [5.74, 6) is -0.0199. The Hall–Kier alpha value is -2.09. The molecule has 0 radical (unpaired) electrons. The van der Waals surface area contributed by atoms with Gasteiger partial charge in [0.2, 0.25) is 5.91 Å². The molecule has 122 valence electrons. The third-order valence-electron chi connectivity index (χ3n) is 3.00. The molecule has 2 aromatic heterocycles. The molecule has 23 heavy (non-hydrogen) atoms. The van der Waals surface area contributed by atoms with E-state index in [1.165, 1.54) is 6.07 Å². The predicted molar refractivity (Wildman–Crippen MR) is 80.7 cm³/mol. The van der Waals surface area contributed by atoms with E-state index >= 15 is 0 Å². The molecule has 0 atom stereocenters. The molecule has 0 aromatic carbocycles. The fraction of sp³-hybridized carbons (Fsp3) is 0.267. The number of hydrogen-bond acceptors (Lipinski definition) is 4. The lowest BCUT2D eigenvalue weighted by atomic mass is 10.2. The monoisotopic (exact) mass is 341 g/mol. The van der Waals surface area contributed by atoms with Crippen molar-refractivity contribution in [1.29, 1.82) is 0 Å². The van der Waals surface area contributed by atoms with Crippen molar-refractivity contribution < 1.29 is 18.0 Å². The molecular weight excluding hydrogens is 327 g/mol. The maximum Gasteiger partial charge on any atom is 0.417 e. The highest BCUT2D eigenvalue weighted by Crippen LogP contribution is 2.29. The first kappa shape index (κ1) is 17.3. The Kier molecular flexibility index (Phi) is 5.59. The zero-order valence-corrected chi connectivity index (χ0v) is 13.1. The number of thioether (sulfide) groups is 1. The van der Waals surface area contributed by atoms with Gasteiger partial charge >= 0.3 is 6.18 Å². The number of alkyl halides is 3. The Morgan fingerprint density at radius 1 is 1.22 bits per heavy atom. The quantitative estimate of drug-likeness (QED) is 0.783. The Bertz CT molecular complexity index is 647. The lowest BCUT2D eigenvalue weighted by Gasteiger charge is -2.16. The average molecular weight is 341 g/mol. The number of hydrogen-bond donors (Lipinski definition) is 0. The number of amides is 1. The molecule has 8 heteroatoms.